The predicted octanol–water partition coefficient (Wildman–Crippen LogP) is 2.72. The van der Waals surface area contributed by atoms with Crippen LogP contribution >= 0.6 is 0 Å². The van der Waals surface area contributed by atoms with Gasteiger partial charge < -0.3 is 15.0 Å². The van der Waals surface area contributed by atoms with Crippen molar-refractivity contribution in [3.63, 3.8) is 0 Å². The molecule has 0 bridgehead atoms. The molecule has 1 aromatic rings. The number of benzene rings is 1. The quantitative estimate of drug-likeness (QED) is 0.930. The zero-order chi connectivity index (χ0) is 14.9. The Labute approximate surface area is 126 Å². The van der Waals surface area contributed by atoms with Gasteiger partial charge in [0.15, 0.2) is 0 Å². The number of nitrogens with one attached hydrogen (secondary N) is 1. The molecule has 21 heavy (non-hydrogen) atoms. The number of amides is 1. The van der Waals surface area contributed by atoms with Gasteiger partial charge >= 0.3 is 0 Å². The van der Waals surface area contributed by atoms with Crippen LogP contribution in [0.25, 0.3) is 0 Å². The zero-order valence-electron chi connectivity index (χ0n) is 12.9. The van der Waals surface area contributed by atoms with Crippen LogP contribution < -0.4 is 15.0 Å². The van der Waals surface area contributed by atoms with Crippen LogP contribution in [0.4, 0.5) is 5.69 Å². The molecule has 2 aliphatic rings. The van der Waals surface area contributed by atoms with Crippen molar-refractivity contribution in [1.29, 1.82) is 0 Å². The van der Waals surface area contributed by atoms with Crippen molar-refractivity contribution < 1.29 is 9.53 Å². The minimum atomic E-state index is -0.276. The van der Waals surface area contributed by atoms with E-state index in [2.05, 4.69) is 24.1 Å². The molecule has 1 fully saturated rings. The molecule has 0 spiro atoms. The highest BCUT2D eigenvalue weighted by atomic mass is 16.5. The summed E-state index contributed by atoms with van der Waals surface area (Å²) in [5.74, 6) is 0.983. The van der Waals surface area contributed by atoms with Gasteiger partial charge in [0.2, 0.25) is 5.91 Å². The van der Waals surface area contributed by atoms with Gasteiger partial charge in [-0.05, 0) is 38.8 Å². The van der Waals surface area contributed by atoms with Crippen molar-refractivity contribution in [2.24, 2.45) is 0 Å². The Kier molecular flexibility index (Phi) is 3.79. The molecular weight excluding hydrogens is 264 g/mol. The third kappa shape index (κ3) is 3.31. The number of hydrogen-bond acceptors (Lipinski definition) is 3. The third-order valence-electron chi connectivity index (χ3n) is 4.22. The Morgan fingerprint density at radius 3 is 2.81 bits per heavy atom. The fourth-order valence-corrected chi connectivity index (χ4v) is 3.34. The van der Waals surface area contributed by atoms with E-state index in [1.807, 2.05) is 24.3 Å². The summed E-state index contributed by atoms with van der Waals surface area (Å²) in [6.07, 6.45) is 4.71. The van der Waals surface area contributed by atoms with Crippen LogP contribution in [0, 0.1) is 0 Å². The second-order valence-corrected chi connectivity index (χ2v) is 6.73. The lowest BCUT2D eigenvalue weighted by Gasteiger charge is -2.40. The first-order valence-electron chi connectivity index (χ1n) is 7.86. The number of carbonyl (C=O) groups excluding carboxylic acids is 1. The molecule has 0 atom stereocenters. The lowest BCUT2D eigenvalue weighted by atomic mass is 10.1. The molecule has 0 saturated heterocycles. The highest BCUT2D eigenvalue weighted by Crippen LogP contribution is 2.36. The van der Waals surface area contributed by atoms with E-state index in [1.165, 1.54) is 12.8 Å². The lowest BCUT2D eigenvalue weighted by molar-refractivity contribution is -0.120. The van der Waals surface area contributed by atoms with Gasteiger partial charge in [-0.15, -0.1) is 0 Å². The van der Waals surface area contributed by atoms with E-state index in [9.17, 15) is 4.79 Å². The van der Waals surface area contributed by atoms with Crippen LogP contribution in [0.3, 0.4) is 0 Å². The van der Waals surface area contributed by atoms with E-state index in [0.717, 1.165) is 30.8 Å². The average molecular weight is 288 g/mol. The van der Waals surface area contributed by atoms with Gasteiger partial charge in [0, 0.05) is 6.04 Å². The highest BCUT2D eigenvalue weighted by molar-refractivity contribution is 5.82. The smallest absolute Gasteiger partial charge is 0.239 e. The number of carbonyl (C=O) groups is 1. The van der Waals surface area contributed by atoms with E-state index in [0.29, 0.717) is 12.6 Å². The van der Waals surface area contributed by atoms with Gasteiger partial charge in [0.1, 0.15) is 11.4 Å². The second kappa shape index (κ2) is 5.58. The fourth-order valence-electron chi connectivity index (χ4n) is 3.34. The van der Waals surface area contributed by atoms with Crippen LogP contribution in [0.15, 0.2) is 24.3 Å². The Morgan fingerprint density at radius 2 is 2.05 bits per heavy atom. The summed E-state index contributed by atoms with van der Waals surface area (Å²) in [5, 5.41) is 3.16. The average Bonchev–Trinajstić information content (AvgIpc) is 2.90. The molecule has 0 aromatic heterocycles. The second-order valence-electron chi connectivity index (χ2n) is 6.73. The maximum absolute atomic E-state index is 12.3. The SMILES string of the molecule is CC1(C)CN(CC(=O)NC2CCCC2)c2ccccc2O1. The van der Waals surface area contributed by atoms with Crippen molar-refractivity contribution in [1.82, 2.24) is 5.32 Å². The molecule has 1 aliphatic carbocycles. The van der Waals surface area contributed by atoms with Gasteiger partial charge in [-0.25, -0.2) is 0 Å². The monoisotopic (exact) mass is 288 g/mol. The maximum Gasteiger partial charge on any atom is 0.239 e. The van der Waals surface area contributed by atoms with Crippen molar-refractivity contribution in [2.45, 2.75) is 51.2 Å². The van der Waals surface area contributed by atoms with Gasteiger partial charge in [0.25, 0.3) is 0 Å². The summed E-state index contributed by atoms with van der Waals surface area (Å²) in [6, 6.07) is 8.33. The minimum absolute atomic E-state index is 0.120. The number of para-hydroxylation sites is 2. The van der Waals surface area contributed by atoms with Crippen molar-refractivity contribution in [2.75, 3.05) is 18.0 Å². The number of ether oxygens (including phenoxy) is 1. The normalized spacial score (nSPS) is 20.8. The number of anilines is 1. The molecular formula is C17H24N2O2. The summed E-state index contributed by atoms with van der Waals surface area (Å²) >= 11 is 0. The van der Waals surface area contributed by atoms with Crippen LogP contribution in [-0.2, 0) is 4.79 Å². The minimum Gasteiger partial charge on any atom is -0.484 e. The molecule has 3 rings (SSSR count). The molecule has 0 unspecified atom stereocenters. The molecule has 1 saturated carbocycles. The third-order valence-corrected chi connectivity index (χ3v) is 4.22. The summed E-state index contributed by atoms with van der Waals surface area (Å²) in [4.78, 5) is 14.4. The number of nitrogens with zero attached hydrogens (tertiary/aromatic N) is 1. The molecule has 1 amide bonds. The topological polar surface area (TPSA) is 41.6 Å². The van der Waals surface area contributed by atoms with E-state index in [1.54, 1.807) is 0 Å². The Hall–Kier alpha value is -1.71. The molecule has 1 aromatic carbocycles. The lowest BCUT2D eigenvalue weighted by Crippen LogP contribution is -2.50. The molecule has 0 radical (unpaired) electrons. The van der Waals surface area contributed by atoms with Crippen LogP contribution in [0.5, 0.6) is 5.75 Å². The van der Waals surface area contributed by atoms with Crippen molar-refractivity contribution >= 4 is 11.6 Å². The zero-order valence-corrected chi connectivity index (χ0v) is 12.9. The van der Waals surface area contributed by atoms with Gasteiger partial charge in [0.05, 0.1) is 18.8 Å². The van der Waals surface area contributed by atoms with E-state index >= 15 is 0 Å². The number of fused-ring (bicyclic) bond motifs is 1. The molecule has 4 nitrogen and oxygen atoms in total. The fraction of sp³-hybridized carbons (Fsp3) is 0.588. The van der Waals surface area contributed by atoms with E-state index in [4.69, 9.17) is 4.74 Å². The number of hydrogen-bond donors (Lipinski definition) is 1. The Bertz CT molecular complexity index is 521. The molecule has 1 N–H and O–H groups in total. The highest BCUT2D eigenvalue weighted by Gasteiger charge is 2.32. The predicted molar refractivity (Wildman–Crippen MR) is 83.8 cm³/mol. The largest absolute Gasteiger partial charge is 0.484 e. The standard InChI is InChI=1S/C17H24N2O2/c1-17(2)12-19(14-9-5-6-10-15(14)21-17)11-16(20)18-13-7-3-4-8-13/h5-6,9-10,13H,3-4,7-8,11-12H2,1-2H3,(H,18,20). The molecule has 1 heterocycles. The van der Waals surface area contributed by atoms with Gasteiger partial charge in [-0.1, -0.05) is 25.0 Å². The van der Waals surface area contributed by atoms with Gasteiger partial charge in [-0.3, -0.25) is 4.79 Å². The summed E-state index contributed by atoms with van der Waals surface area (Å²) < 4.78 is 5.99. The summed E-state index contributed by atoms with van der Waals surface area (Å²) in [7, 11) is 0. The first kappa shape index (κ1) is 14.2. The molecule has 4 heteroatoms. The molecule has 114 valence electrons. The van der Waals surface area contributed by atoms with Crippen molar-refractivity contribution in [3.8, 4) is 5.75 Å². The first-order chi connectivity index (χ1) is 10.0. The Morgan fingerprint density at radius 1 is 1.33 bits per heavy atom. The van der Waals surface area contributed by atoms with Crippen LogP contribution in [0.2, 0.25) is 0 Å². The van der Waals surface area contributed by atoms with Crippen LogP contribution in [0.1, 0.15) is 39.5 Å². The summed E-state index contributed by atoms with van der Waals surface area (Å²) in [5.41, 5.74) is 0.737. The van der Waals surface area contributed by atoms with E-state index < -0.39 is 0 Å². The molecule has 1 aliphatic heterocycles. The number of rotatable bonds is 3. The summed E-state index contributed by atoms with van der Waals surface area (Å²) in [6.45, 7) is 5.25. The first-order valence-corrected chi connectivity index (χ1v) is 7.86. The maximum atomic E-state index is 12.3. The van der Waals surface area contributed by atoms with E-state index in [-0.39, 0.29) is 11.5 Å². The van der Waals surface area contributed by atoms with Gasteiger partial charge in [-0.2, -0.15) is 0 Å². The van der Waals surface area contributed by atoms with Crippen LogP contribution in [-0.4, -0.2) is 30.6 Å². The Balaban J connectivity index is 1.70. The van der Waals surface area contributed by atoms with Crippen molar-refractivity contribution in [3.05, 3.63) is 24.3 Å².